The van der Waals surface area contributed by atoms with E-state index in [-0.39, 0.29) is 5.69 Å². The first kappa shape index (κ1) is 15.3. The number of nitro benzene ring substituents is 1. The molecule has 0 unspecified atom stereocenters. The zero-order valence-electron chi connectivity index (χ0n) is 10.1. The molecule has 0 aliphatic carbocycles. The Kier molecular flexibility index (Phi) is 5.01. The van der Waals surface area contributed by atoms with Gasteiger partial charge in [0, 0.05) is 32.6 Å². The van der Waals surface area contributed by atoms with Gasteiger partial charge in [0.15, 0.2) is 0 Å². The van der Waals surface area contributed by atoms with Gasteiger partial charge in [-0.25, -0.2) is 0 Å². The maximum Gasteiger partial charge on any atom is 0.271 e. The fourth-order valence-electron chi connectivity index (χ4n) is 1.63. The molecule has 0 atom stereocenters. The third-order valence-electron chi connectivity index (χ3n) is 2.64. The number of halogens is 3. The van der Waals surface area contributed by atoms with E-state index in [9.17, 15) is 10.1 Å². The summed E-state index contributed by atoms with van der Waals surface area (Å²) in [6.45, 7) is 0.501. The molecule has 2 rings (SSSR count). The van der Waals surface area contributed by atoms with Crippen LogP contribution < -0.4 is 5.32 Å². The van der Waals surface area contributed by atoms with Gasteiger partial charge in [-0.3, -0.25) is 10.1 Å². The lowest BCUT2D eigenvalue weighted by Gasteiger charge is -2.10. The Bertz CT molecular complexity index is 665. The highest BCUT2D eigenvalue weighted by atomic mass is 79.9. The number of rotatable bonds is 4. The Morgan fingerprint density at radius 3 is 2.55 bits per heavy atom. The lowest BCUT2D eigenvalue weighted by molar-refractivity contribution is -0.384. The van der Waals surface area contributed by atoms with Gasteiger partial charge in [0.2, 0.25) is 0 Å². The van der Waals surface area contributed by atoms with Crippen molar-refractivity contribution in [2.75, 3.05) is 5.32 Å². The Morgan fingerprint density at radius 1 is 1.15 bits per heavy atom. The highest BCUT2D eigenvalue weighted by Gasteiger charge is 2.10. The summed E-state index contributed by atoms with van der Waals surface area (Å²) in [5.41, 5.74) is 1.67. The predicted octanol–water partition coefficient (Wildman–Crippen LogP) is 5.39. The third-order valence-corrected chi connectivity index (χ3v) is 4.34. The Balaban J connectivity index is 2.20. The standard InChI is InChI=1S/C13H9Br2ClN2O2/c14-11-3-1-9(16)5-8(11)7-17-13-6-10(18(19)20)2-4-12(13)15/h1-6,17H,7H2. The van der Waals surface area contributed by atoms with Crippen LogP contribution in [0.5, 0.6) is 0 Å². The van der Waals surface area contributed by atoms with Crippen LogP contribution in [0.2, 0.25) is 5.02 Å². The van der Waals surface area contributed by atoms with Crippen LogP contribution in [0.15, 0.2) is 45.3 Å². The van der Waals surface area contributed by atoms with Gasteiger partial charge in [-0.15, -0.1) is 0 Å². The lowest BCUT2D eigenvalue weighted by Crippen LogP contribution is -2.01. The van der Waals surface area contributed by atoms with E-state index in [1.54, 1.807) is 12.1 Å². The zero-order valence-corrected chi connectivity index (χ0v) is 14.0. The molecule has 0 saturated carbocycles. The first-order valence-corrected chi connectivity index (χ1v) is 7.55. The summed E-state index contributed by atoms with van der Waals surface area (Å²) in [6.07, 6.45) is 0. The van der Waals surface area contributed by atoms with E-state index < -0.39 is 4.92 Å². The Morgan fingerprint density at radius 2 is 1.85 bits per heavy atom. The largest absolute Gasteiger partial charge is 0.380 e. The van der Waals surface area contributed by atoms with Crippen LogP contribution in [0.3, 0.4) is 0 Å². The summed E-state index contributed by atoms with van der Waals surface area (Å²) in [7, 11) is 0. The van der Waals surface area contributed by atoms with Crippen molar-refractivity contribution in [1.29, 1.82) is 0 Å². The molecule has 2 aromatic carbocycles. The van der Waals surface area contributed by atoms with E-state index in [2.05, 4.69) is 37.2 Å². The third kappa shape index (κ3) is 3.71. The summed E-state index contributed by atoms with van der Waals surface area (Å²) in [4.78, 5) is 10.4. The van der Waals surface area contributed by atoms with Crippen LogP contribution >= 0.6 is 43.5 Å². The number of non-ortho nitro benzene ring substituents is 1. The number of nitro groups is 1. The zero-order chi connectivity index (χ0) is 14.7. The van der Waals surface area contributed by atoms with Gasteiger partial charge in [0.25, 0.3) is 5.69 Å². The van der Waals surface area contributed by atoms with Crippen molar-refractivity contribution in [3.8, 4) is 0 Å². The van der Waals surface area contributed by atoms with Gasteiger partial charge >= 0.3 is 0 Å². The summed E-state index contributed by atoms with van der Waals surface area (Å²) >= 11 is 12.8. The lowest BCUT2D eigenvalue weighted by atomic mass is 10.2. The molecule has 0 aromatic heterocycles. The molecule has 0 radical (unpaired) electrons. The molecule has 0 aliphatic heterocycles. The average Bonchev–Trinajstić information content (AvgIpc) is 2.41. The fourth-order valence-corrected chi connectivity index (χ4v) is 2.60. The molecular weight excluding hydrogens is 411 g/mol. The second kappa shape index (κ2) is 6.56. The van der Waals surface area contributed by atoms with Gasteiger partial charge in [-0.1, -0.05) is 27.5 Å². The molecular formula is C13H9Br2ClN2O2. The van der Waals surface area contributed by atoms with Crippen LogP contribution in [-0.4, -0.2) is 4.92 Å². The van der Waals surface area contributed by atoms with Gasteiger partial charge < -0.3 is 5.32 Å². The van der Waals surface area contributed by atoms with Gasteiger partial charge in [-0.2, -0.15) is 0 Å². The fraction of sp³-hybridized carbons (Fsp3) is 0.0769. The van der Waals surface area contributed by atoms with Crippen LogP contribution in [0.1, 0.15) is 5.56 Å². The van der Waals surface area contributed by atoms with E-state index in [0.717, 1.165) is 14.5 Å². The van der Waals surface area contributed by atoms with Crippen molar-refractivity contribution in [2.45, 2.75) is 6.54 Å². The molecule has 0 bridgehead atoms. The van der Waals surface area contributed by atoms with Gasteiger partial charge in [0.05, 0.1) is 10.6 Å². The monoisotopic (exact) mass is 418 g/mol. The molecule has 0 saturated heterocycles. The average molecular weight is 420 g/mol. The molecule has 2 aromatic rings. The van der Waals surface area contributed by atoms with Crippen LogP contribution in [0.4, 0.5) is 11.4 Å². The molecule has 20 heavy (non-hydrogen) atoms. The van der Waals surface area contributed by atoms with Crippen LogP contribution in [0.25, 0.3) is 0 Å². The highest BCUT2D eigenvalue weighted by Crippen LogP contribution is 2.28. The quantitative estimate of drug-likeness (QED) is 0.533. The smallest absolute Gasteiger partial charge is 0.271 e. The second-order valence-corrected chi connectivity index (χ2v) is 6.16. The number of benzene rings is 2. The van der Waals surface area contributed by atoms with Crippen molar-refractivity contribution in [2.24, 2.45) is 0 Å². The van der Waals surface area contributed by atoms with E-state index >= 15 is 0 Å². The molecule has 0 heterocycles. The minimum atomic E-state index is -0.424. The van der Waals surface area contributed by atoms with E-state index in [1.165, 1.54) is 12.1 Å². The highest BCUT2D eigenvalue weighted by molar-refractivity contribution is 9.10. The van der Waals surface area contributed by atoms with E-state index in [4.69, 9.17) is 11.6 Å². The SMILES string of the molecule is O=[N+]([O-])c1ccc(Br)c(NCc2cc(Cl)ccc2Br)c1. The number of hydrogen-bond acceptors (Lipinski definition) is 3. The minimum absolute atomic E-state index is 0.0425. The maximum absolute atomic E-state index is 10.8. The minimum Gasteiger partial charge on any atom is -0.380 e. The first-order valence-electron chi connectivity index (χ1n) is 5.59. The van der Waals surface area contributed by atoms with E-state index in [1.807, 2.05) is 12.1 Å². The Hall–Kier alpha value is -1.11. The molecule has 0 amide bonds. The van der Waals surface area contributed by atoms with Crippen molar-refractivity contribution in [3.63, 3.8) is 0 Å². The summed E-state index contributed by atoms with van der Waals surface area (Å²) in [6, 6.07) is 10.1. The van der Waals surface area contributed by atoms with E-state index in [0.29, 0.717) is 17.3 Å². The van der Waals surface area contributed by atoms with Crippen molar-refractivity contribution in [1.82, 2.24) is 0 Å². The second-order valence-electron chi connectivity index (χ2n) is 4.01. The van der Waals surface area contributed by atoms with Crippen molar-refractivity contribution < 1.29 is 4.92 Å². The molecule has 0 spiro atoms. The summed E-state index contributed by atoms with van der Waals surface area (Å²) in [5, 5.41) is 14.6. The molecule has 1 N–H and O–H groups in total. The van der Waals surface area contributed by atoms with Crippen LogP contribution in [0, 0.1) is 10.1 Å². The first-order chi connectivity index (χ1) is 9.47. The molecule has 0 aliphatic rings. The number of nitrogens with zero attached hydrogens (tertiary/aromatic N) is 1. The van der Waals surface area contributed by atoms with Gasteiger partial charge in [0.1, 0.15) is 0 Å². The molecule has 7 heteroatoms. The van der Waals surface area contributed by atoms with Crippen LogP contribution in [-0.2, 0) is 6.54 Å². The number of anilines is 1. The number of hydrogen-bond donors (Lipinski definition) is 1. The summed E-state index contributed by atoms with van der Waals surface area (Å²) < 4.78 is 1.69. The Labute approximate surface area is 137 Å². The van der Waals surface area contributed by atoms with Crippen molar-refractivity contribution >= 4 is 54.8 Å². The van der Waals surface area contributed by atoms with Gasteiger partial charge in [-0.05, 0) is 45.8 Å². The number of nitrogens with one attached hydrogen (secondary N) is 1. The predicted molar refractivity (Wildman–Crippen MR) is 87.3 cm³/mol. The molecule has 104 valence electrons. The maximum atomic E-state index is 10.8. The molecule has 0 fully saturated rings. The normalized spacial score (nSPS) is 10.3. The topological polar surface area (TPSA) is 55.2 Å². The summed E-state index contributed by atoms with van der Waals surface area (Å²) in [5.74, 6) is 0. The van der Waals surface area contributed by atoms with Crippen molar-refractivity contribution in [3.05, 3.63) is 66.0 Å². The molecule has 4 nitrogen and oxygen atoms in total.